The van der Waals surface area contributed by atoms with Crippen molar-refractivity contribution in [2.45, 2.75) is 46.6 Å². The molecule has 0 saturated heterocycles. The van der Waals surface area contributed by atoms with Gasteiger partial charge in [0.25, 0.3) is 0 Å². The maximum absolute atomic E-state index is 11.9. The molecular weight excluding hydrogens is 210 g/mol. The molecule has 1 amide bonds. The van der Waals surface area contributed by atoms with E-state index < -0.39 is 5.41 Å². The molecule has 0 spiro atoms. The standard InChI is InChI=1S/C12H22ClNO/c1-8-5-6-10(9(8)2)14-11(15)12(3,4)7-13/h8-10H,5-7H2,1-4H3,(H,14,15). The van der Waals surface area contributed by atoms with Gasteiger partial charge in [0.1, 0.15) is 0 Å². The van der Waals surface area contributed by atoms with Crippen molar-refractivity contribution in [1.82, 2.24) is 5.32 Å². The molecule has 1 rings (SSSR count). The fourth-order valence-electron chi connectivity index (χ4n) is 1.99. The van der Waals surface area contributed by atoms with E-state index in [1.54, 1.807) is 0 Å². The summed E-state index contributed by atoms with van der Waals surface area (Å²) < 4.78 is 0. The maximum atomic E-state index is 11.9. The Labute approximate surface area is 97.8 Å². The number of carbonyl (C=O) groups is 1. The van der Waals surface area contributed by atoms with Crippen molar-refractivity contribution < 1.29 is 4.79 Å². The number of amides is 1. The van der Waals surface area contributed by atoms with E-state index in [0.717, 1.165) is 12.3 Å². The SMILES string of the molecule is CC1CCC(NC(=O)C(C)(C)CCl)C1C. The average Bonchev–Trinajstić information content (AvgIpc) is 2.49. The van der Waals surface area contributed by atoms with E-state index in [2.05, 4.69) is 19.2 Å². The zero-order valence-corrected chi connectivity index (χ0v) is 10.9. The highest BCUT2D eigenvalue weighted by molar-refractivity contribution is 6.19. The van der Waals surface area contributed by atoms with Gasteiger partial charge < -0.3 is 5.32 Å². The van der Waals surface area contributed by atoms with Crippen LogP contribution in [-0.2, 0) is 4.79 Å². The van der Waals surface area contributed by atoms with Gasteiger partial charge in [-0.25, -0.2) is 0 Å². The summed E-state index contributed by atoms with van der Waals surface area (Å²) in [5.41, 5.74) is -0.451. The van der Waals surface area contributed by atoms with E-state index >= 15 is 0 Å². The smallest absolute Gasteiger partial charge is 0.227 e. The van der Waals surface area contributed by atoms with Gasteiger partial charge in [0, 0.05) is 11.9 Å². The number of nitrogens with one attached hydrogen (secondary N) is 1. The minimum Gasteiger partial charge on any atom is -0.353 e. The summed E-state index contributed by atoms with van der Waals surface area (Å²) in [6, 6.07) is 0.343. The molecule has 0 heterocycles. The highest BCUT2D eigenvalue weighted by Gasteiger charge is 2.34. The first-order chi connectivity index (χ1) is 6.88. The van der Waals surface area contributed by atoms with Crippen molar-refractivity contribution in [2.75, 3.05) is 5.88 Å². The number of rotatable bonds is 3. The van der Waals surface area contributed by atoms with Crippen molar-refractivity contribution in [3.8, 4) is 0 Å². The van der Waals surface area contributed by atoms with Gasteiger partial charge in [0.2, 0.25) is 5.91 Å². The topological polar surface area (TPSA) is 29.1 Å². The Morgan fingerprint density at radius 2 is 2.00 bits per heavy atom. The molecule has 1 saturated carbocycles. The van der Waals surface area contributed by atoms with Gasteiger partial charge in [-0.1, -0.05) is 13.8 Å². The van der Waals surface area contributed by atoms with Gasteiger partial charge in [-0.2, -0.15) is 0 Å². The first-order valence-electron chi connectivity index (χ1n) is 5.75. The Morgan fingerprint density at radius 1 is 1.40 bits per heavy atom. The van der Waals surface area contributed by atoms with Crippen LogP contribution in [0.15, 0.2) is 0 Å². The summed E-state index contributed by atoms with van der Waals surface area (Å²) in [6.07, 6.45) is 2.32. The van der Waals surface area contributed by atoms with Gasteiger partial charge >= 0.3 is 0 Å². The van der Waals surface area contributed by atoms with Crippen LogP contribution in [-0.4, -0.2) is 17.8 Å². The Bertz CT molecular complexity index is 240. The lowest BCUT2D eigenvalue weighted by molar-refractivity contribution is -0.129. The molecule has 3 unspecified atom stereocenters. The lowest BCUT2D eigenvalue weighted by Gasteiger charge is -2.26. The third kappa shape index (κ3) is 2.87. The lowest BCUT2D eigenvalue weighted by Crippen LogP contribution is -2.45. The molecule has 0 aromatic heterocycles. The van der Waals surface area contributed by atoms with Crippen molar-refractivity contribution in [3.63, 3.8) is 0 Å². The van der Waals surface area contributed by atoms with E-state index in [9.17, 15) is 4.79 Å². The number of carbonyl (C=O) groups excluding carboxylic acids is 1. The molecule has 3 heteroatoms. The molecule has 88 valence electrons. The second kappa shape index (κ2) is 4.73. The first-order valence-corrected chi connectivity index (χ1v) is 6.29. The van der Waals surface area contributed by atoms with Crippen molar-refractivity contribution in [3.05, 3.63) is 0 Å². The summed E-state index contributed by atoms with van der Waals surface area (Å²) >= 11 is 5.78. The van der Waals surface area contributed by atoms with Crippen LogP contribution in [0.5, 0.6) is 0 Å². The van der Waals surface area contributed by atoms with E-state index in [1.807, 2.05) is 13.8 Å². The fraction of sp³-hybridized carbons (Fsp3) is 0.917. The Morgan fingerprint density at radius 3 is 2.40 bits per heavy atom. The highest BCUT2D eigenvalue weighted by Crippen LogP contribution is 2.31. The Balaban J connectivity index is 2.53. The normalized spacial score (nSPS) is 31.7. The second-order valence-electron chi connectivity index (χ2n) is 5.51. The minimum atomic E-state index is -0.451. The van der Waals surface area contributed by atoms with Crippen molar-refractivity contribution in [1.29, 1.82) is 0 Å². The summed E-state index contributed by atoms with van der Waals surface area (Å²) in [7, 11) is 0. The quantitative estimate of drug-likeness (QED) is 0.744. The Hall–Kier alpha value is -0.240. The third-order valence-electron chi connectivity index (χ3n) is 3.73. The second-order valence-corrected chi connectivity index (χ2v) is 5.78. The lowest BCUT2D eigenvalue weighted by atomic mass is 9.93. The molecular formula is C12H22ClNO. The fourth-order valence-corrected chi connectivity index (χ4v) is 2.11. The Kier molecular flexibility index (Phi) is 4.05. The molecule has 0 radical (unpaired) electrons. The van der Waals surface area contributed by atoms with Gasteiger partial charge in [0.15, 0.2) is 0 Å². The van der Waals surface area contributed by atoms with E-state index in [-0.39, 0.29) is 5.91 Å². The molecule has 2 nitrogen and oxygen atoms in total. The number of halogens is 1. The molecule has 1 fully saturated rings. The molecule has 15 heavy (non-hydrogen) atoms. The molecule has 0 aromatic carbocycles. The average molecular weight is 232 g/mol. The largest absolute Gasteiger partial charge is 0.353 e. The minimum absolute atomic E-state index is 0.0865. The summed E-state index contributed by atoms with van der Waals surface area (Å²) in [5, 5.41) is 3.13. The monoisotopic (exact) mass is 231 g/mol. The van der Waals surface area contributed by atoms with Crippen LogP contribution in [0, 0.1) is 17.3 Å². The van der Waals surface area contributed by atoms with Gasteiger partial charge in [0.05, 0.1) is 5.41 Å². The summed E-state index contributed by atoms with van der Waals surface area (Å²) in [5.74, 6) is 1.76. The van der Waals surface area contributed by atoms with Crippen LogP contribution in [0.4, 0.5) is 0 Å². The van der Waals surface area contributed by atoms with Gasteiger partial charge in [-0.05, 0) is 38.5 Å². The van der Waals surface area contributed by atoms with Crippen LogP contribution >= 0.6 is 11.6 Å². The van der Waals surface area contributed by atoms with Gasteiger partial charge in [-0.3, -0.25) is 4.79 Å². The van der Waals surface area contributed by atoms with Crippen LogP contribution in [0.25, 0.3) is 0 Å². The first kappa shape index (κ1) is 12.8. The molecule has 0 aromatic rings. The zero-order valence-electron chi connectivity index (χ0n) is 10.1. The molecule has 1 aliphatic rings. The van der Waals surface area contributed by atoms with Crippen molar-refractivity contribution >= 4 is 17.5 Å². The van der Waals surface area contributed by atoms with E-state index in [1.165, 1.54) is 6.42 Å². The summed E-state index contributed by atoms with van der Waals surface area (Å²) in [4.78, 5) is 11.9. The van der Waals surface area contributed by atoms with Crippen molar-refractivity contribution in [2.24, 2.45) is 17.3 Å². The summed E-state index contributed by atoms with van der Waals surface area (Å²) in [6.45, 7) is 8.25. The highest BCUT2D eigenvalue weighted by atomic mass is 35.5. The molecule has 3 atom stereocenters. The number of hydrogen-bond acceptors (Lipinski definition) is 1. The van der Waals surface area contributed by atoms with Crippen LogP contribution in [0.3, 0.4) is 0 Å². The predicted molar refractivity (Wildman–Crippen MR) is 64.0 cm³/mol. The molecule has 1 aliphatic carbocycles. The molecule has 1 N–H and O–H groups in total. The predicted octanol–water partition coefficient (Wildman–Crippen LogP) is 2.80. The zero-order chi connectivity index (χ0) is 11.6. The molecule has 0 aliphatic heterocycles. The molecule has 0 bridgehead atoms. The maximum Gasteiger partial charge on any atom is 0.227 e. The number of alkyl halides is 1. The van der Waals surface area contributed by atoms with Gasteiger partial charge in [-0.15, -0.1) is 11.6 Å². The van der Waals surface area contributed by atoms with E-state index in [0.29, 0.717) is 17.8 Å². The van der Waals surface area contributed by atoms with Crippen LogP contribution < -0.4 is 5.32 Å². The van der Waals surface area contributed by atoms with Crippen LogP contribution in [0.1, 0.15) is 40.5 Å². The number of hydrogen-bond donors (Lipinski definition) is 1. The van der Waals surface area contributed by atoms with E-state index in [4.69, 9.17) is 11.6 Å². The third-order valence-corrected chi connectivity index (χ3v) is 4.40. The van der Waals surface area contributed by atoms with Crippen LogP contribution in [0.2, 0.25) is 0 Å².